The van der Waals surface area contributed by atoms with Gasteiger partial charge in [-0.3, -0.25) is 0 Å². The van der Waals surface area contributed by atoms with Gasteiger partial charge >= 0.3 is 0 Å². The Hall–Kier alpha value is -2.04. The molecule has 5 heteroatoms. The van der Waals surface area contributed by atoms with E-state index in [-0.39, 0.29) is 0 Å². The van der Waals surface area contributed by atoms with Gasteiger partial charge in [0, 0.05) is 0 Å². The lowest BCUT2D eigenvalue weighted by molar-refractivity contribution is 0.417. The van der Waals surface area contributed by atoms with Crippen LogP contribution in [0.3, 0.4) is 0 Å². The molecular formula is C10H12N4O. The van der Waals surface area contributed by atoms with Crippen molar-refractivity contribution in [3.63, 3.8) is 0 Å². The van der Waals surface area contributed by atoms with E-state index in [1.807, 2.05) is 19.1 Å². The van der Waals surface area contributed by atoms with Crippen LogP contribution in [0, 0.1) is 6.92 Å². The minimum absolute atomic E-state index is 0.586. The maximum absolute atomic E-state index is 5.79. The van der Waals surface area contributed by atoms with Gasteiger partial charge in [0.2, 0.25) is 0 Å². The molecule has 0 saturated carbocycles. The van der Waals surface area contributed by atoms with Crippen LogP contribution in [-0.4, -0.2) is 21.9 Å². The van der Waals surface area contributed by atoms with Crippen molar-refractivity contribution in [1.29, 1.82) is 0 Å². The second-order valence-corrected chi connectivity index (χ2v) is 3.16. The highest BCUT2D eigenvalue weighted by molar-refractivity contribution is 5.57. The maximum Gasteiger partial charge on any atom is 0.147 e. The molecule has 2 aromatic rings. The number of hydrogen-bond donors (Lipinski definition) is 1. The first kappa shape index (κ1) is 9.51. The number of hydrogen-bond acceptors (Lipinski definition) is 4. The molecule has 0 radical (unpaired) electrons. The van der Waals surface area contributed by atoms with Crippen molar-refractivity contribution in [3.8, 4) is 11.4 Å². The van der Waals surface area contributed by atoms with Gasteiger partial charge in [-0.1, -0.05) is 0 Å². The van der Waals surface area contributed by atoms with E-state index in [1.54, 1.807) is 24.2 Å². The van der Waals surface area contributed by atoms with Crippen molar-refractivity contribution in [2.45, 2.75) is 6.92 Å². The lowest BCUT2D eigenvalue weighted by Crippen LogP contribution is -1.98. The van der Waals surface area contributed by atoms with Crippen LogP contribution in [0.2, 0.25) is 0 Å². The van der Waals surface area contributed by atoms with Gasteiger partial charge in [0.15, 0.2) is 0 Å². The molecule has 0 aliphatic carbocycles. The van der Waals surface area contributed by atoms with Crippen molar-refractivity contribution < 1.29 is 4.74 Å². The van der Waals surface area contributed by atoms with Crippen molar-refractivity contribution >= 4 is 5.69 Å². The Bertz CT molecular complexity index is 478. The third kappa shape index (κ3) is 1.76. The van der Waals surface area contributed by atoms with Gasteiger partial charge in [0.1, 0.15) is 17.9 Å². The zero-order valence-electron chi connectivity index (χ0n) is 8.64. The molecule has 0 unspecified atom stereocenters. The lowest BCUT2D eigenvalue weighted by atomic mass is 10.2. The second-order valence-electron chi connectivity index (χ2n) is 3.16. The van der Waals surface area contributed by atoms with Gasteiger partial charge in [-0.15, -0.1) is 0 Å². The molecule has 0 saturated heterocycles. The van der Waals surface area contributed by atoms with Crippen LogP contribution in [0.4, 0.5) is 5.69 Å². The third-order valence-corrected chi connectivity index (χ3v) is 2.08. The number of rotatable bonds is 2. The van der Waals surface area contributed by atoms with Gasteiger partial charge in [0.25, 0.3) is 0 Å². The summed E-state index contributed by atoms with van der Waals surface area (Å²) in [5.41, 5.74) is 7.25. The standard InChI is InChI=1S/C10H12N4O/c1-7-12-6-14(13-7)8-3-4-10(15-2)9(11)5-8/h3-6H,11H2,1-2H3. The Morgan fingerprint density at radius 1 is 1.40 bits per heavy atom. The van der Waals surface area contributed by atoms with Crippen LogP contribution in [0.1, 0.15) is 5.82 Å². The SMILES string of the molecule is COc1ccc(-n2cnc(C)n2)cc1N. The predicted molar refractivity (Wildman–Crippen MR) is 57.1 cm³/mol. The Morgan fingerprint density at radius 3 is 2.73 bits per heavy atom. The van der Waals surface area contributed by atoms with E-state index in [0.29, 0.717) is 11.4 Å². The van der Waals surface area contributed by atoms with E-state index >= 15 is 0 Å². The first-order chi connectivity index (χ1) is 7.20. The highest BCUT2D eigenvalue weighted by Gasteiger charge is 2.03. The summed E-state index contributed by atoms with van der Waals surface area (Å²) in [6.45, 7) is 1.84. The fourth-order valence-electron chi connectivity index (χ4n) is 1.33. The zero-order chi connectivity index (χ0) is 10.8. The van der Waals surface area contributed by atoms with E-state index in [1.165, 1.54) is 0 Å². The average Bonchev–Trinajstić information content (AvgIpc) is 2.65. The number of ether oxygens (including phenoxy) is 1. The van der Waals surface area contributed by atoms with E-state index in [0.717, 1.165) is 11.5 Å². The summed E-state index contributed by atoms with van der Waals surface area (Å²) in [4.78, 5) is 4.05. The van der Waals surface area contributed by atoms with Crippen LogP contribution in [0.25, 0.3) is 5.69 Å². The normalized spacial score (nSPS) is 10.3. The zero-order valence-corrected chi connectivity index (χ0v) is 8.64. The van der Waals surface area contributed by atoms with Crippen LogP contribution in [0.5, 0.6) is 5.75 Å². The summed E-state index contributed by atoms with van der Waals surface area (Å²) in [5.74, 6) is 1.39. The van der Waals surface area contributed by atoms with Crippen molar-refractivity contribution in [2.75, 3.05) is 12.8 Å². The predicted octanol–water partition coefficient (Wildman–Crippen LogP) is 1.17. The number of aryl methyl sites for hydroxylation is 1. The minimum Gasteiger partial charge on any atom is -0.495 e. The highest BCUT2D eigenvalue weighted by Crippen LogP contribution is 2.23. The molecular weight excluding hydrogens is 192 g/mol. The molecule has 0 spiro atoms. The Balaban J connectivity index is 2.42. The fourth-order valence-corrected chi connectivity index (χ4v) is 1.33. The number of nitrogens with zero attached hydrogens (tertiary/aromatic N) is 3. The second kappa shape index (κ2) is 3.61. The topological polar surface area (TPSA) is 66.0 Å². The van der Waals surface area contributed by atoms with E-state index in [2.05, 4.69) is 10.1 Å². The van der Waals surface area contributed by atoms with Crippen molar-refractivity contribution in [1.82, 2.24) is 14.8 Å². The average molecular weight is 204 g/mol. The van der Waals surface area contributed by atoms with Gasteiger partial charge in [-0.05, 0) is 25.1 Å². The molecule has 78 valence electrons. The molecule has 15 heavy (non-hydrogen) atoms. The van der Waals surface area contributed by atoms with Crippen molar-refractivity contribution in [2.24, 2.45) is 0 Å². The van der Waals surface area contributed by atoms with Crippen LogP contribution < -0.4 is 10.5 Å². The molecule has 2 N–H and O–H groups in total. The third-order valence-electron chi connectivity index (χ3n) is 2.08. The van der Waals surface area contributed by atoms with Gasteiger partial charge in [-0.25, -0.2) is 9.67 Å². The van der Waals surface area contributed by atoms with Crippen LogP contribution in [0.15, 0.2) is 24.5 Å². The number of benzene rings is 1. The Labute approximate surface area is 87.5 Å². The Morgan fingerprint density at radius 2 is 2.20 bits per heavy atom. The van der Waals surface area contributed by atoms with E-state index in [9.17, 15) is 0 Å². The molecule has 0 aliphatic rings. The molecule has 0 amide bonds. The first-order valence-electron chi connectivity index (χ1n) is 4.53. The number of nitrogens with two attached hydrogens (primary N) is 1. The summed E-state index contributed by atoms with van der Waals surface area (Å²) in [7, 11) is 1.59. The molecule has 1 heterocycles. The quantitative estimate of drug-likeness (QED) is 0.745. The van der Waals surface area contributed by atoms with Gasteiger partial charge in [0.05, 0.1) is 18.5 Å². The van der Waals surface area contributed by atoms with Crippen molar-refractivity contribution in [3.05, 3.63) is 30.4 Å². The monoisotopic (exact) mass is 204 g/mol. The molecule has 1 aromatic carbocycles. The highest BCUT2D eigenvalue weighted by atomic mass is 16.5. The molecule has 0 atom stereocenters. The summed E-state index contributed by atoms with van der Waals surface area (Å²) >= 11 is 0. The molecule has 0 fully saturated rings. The summed E-state index contributed by atoms with van der Waals surface area (Å²) in [6.07, 6.45) is 1.65. The lowest BCUT2D eigenvalue weighted by Gasteiger charge is -2.06. The minimum atomic E-state index is 0.586. The smallest absolute Gasteiger partial charge is 0.147 e. The molecule has 5 nitrogen and oxygen atoms in total. The number of nitrogen functional groups attached to an aromatic ring is 1. The molecule has 2 rings (SSSR count). The maximum atomic E-state index is 5.79. The largest absolute Gasteiger partial charge is 0.495 e. The van der Waals surface area contributed by atoms with Gasteiger partial charge in [-0.2, -0.15) is 5.10 Å². The van der Waals surface area contributed by atoms with Gasteiger partial charge < -0.3 is 10.5 Å². The van der Waals surface area contributed by atoms with E-state index in [4.69, 9.17) is 10.5 Å². The number of methoxy groups -OCH3 is 1. The number of anilines is 1. The molecule has 0 aliphatic heterocycles. The molecule has 0 bridgehead atoms. The molecule has 1 aromatic heterocycles. The summed E-state index contributed by atoms with van der Waals surface area (Å²) in [6, 6.07) is 5.48. The van der Waals surface area contributed by atoms with Crippen LogP contribution in [-0.2, 0) is 0 Å². The Kier molecular flexibility index (Phi) is 2.29. The fraction of sp³-hybridized carbons (Fsp3) is 0.200. The summed E-state index contributed by atoms with van der Waals surface area (Å²) < 4.78 is 6.74. The van der Waals surface area contributed by atoms with Crippen LogP contribution >= 0.6 is 0 Å². The number of aromatic nitrogens is 3. The summed E-state index contributed by atoms with van der Waals surface area (Å²) in [5, 5.41) is 4.19. The van der Waals surface area contributed by atoms with E-state index < -0.39 is 0 Å². The first-order valence-corrected chi connectivity index (χ1v) is 4.53.